The first-order chi connectivity index (χ1) is 10.7. The largest absolute Gasteiger partial charge is 0.417 e. The van der Waals surface area contributed by atoms with Crippen LogP contribution >= 0.6 is 23.2 Å². The lowest BCUT2D eigenvalue weighted by molar-refractivity contribution is -0.137. The number of hydrogen-bond acceptors (Lipinski definition) is 1. The van der Waals surface area contributed by atoms with Gasteiger partial charge >= 0.3 is 6.18 Å². The van der Waals surface area contributed by atoms with Crippen LogP contribution in [0.15, 0.2) is 42.5 Å². The highest BCUT2D eigenvalue weighted by atomic mass is 35.5. The molecule has 0 aliphatic heterocycles. The van der Waals surface area contributed by atoms with Crippen molar-refractivity contribution < 1.29 is 18.0 Å². The standard InChI is InChI=1S/C16H12Cl2F3NO/c1-9(11-7-6-10(17)8-14(11)18)22-15(23)12-4-2-3-5-13(12)16(19,20)21/h2-9H,1H3,(H,22,23)/t9-/m1/s1. The Hall–Kier alpha value is -1.72. The Bertz CT molecular complexity index is 732. The maximum absolute atomic E-state index is 13.0. The Balaban J connectivity index is 2.26. The molecule has 0 aromatic heterocycles. The quantitative estimate of drug-likeness (QED) is 0.767. The number of alkyl halides is 3. The number of rotatable bonds is 3. The topological polar surface area (TPSA) is 29.1 Å². The lowest BCUT2D eigenvalue weighted by atomic mass is 10.0. The fourth-order valence-electron chi connectivity index (χ4n) is 2.13. The van der Waals surface area contributed by atoms with Crippen molar-refractivity contribution >= 4 is 29.1 Å². The summed E-state index contributed by atoms with van der Waals surface area (Å²) in [6.45, 7) is 1.63. The van der Waals surface area contributed by atoms with Crippen LogP contribution in [-0.2, 0) is 6.18 Å². The molecule has 0 aliphatic carbocycles. The molecule has 0 saturated carbocycles. The molecule has 0 unspecified atom stereocenters. The molecule has 2 aromatic carbocycles. The summed E-state index contributed by atoms with van der Waals surface area (Å²) >= 11 is 11.8. The van der Waals surface area contributed by atoms with E-state index in [1.165, 1.54) is 18.2 Å². The lowest BCUT2D eigenvalue weighted by Crippen LogP contribution is -2.29. The summed E-state index contributed by atoms with van der Waals surface area (Å²) in [5.41, 5.74) is -0.849. The van der Waals surface area contributed by atoms with Crippen LogP contribution in [0, 0.1) is 0 Å². The van der Waals surface area contributed by atoms with Gasteiger partial charge in [0, 0.05) is 10.0 Å². The molecule has 0 spiro atoms. The Morgan fingerprint density at radius 3 is 2.39 bits per heavy atom. The van der Waals surface area contributed by atoms with Crippen molar-refractivity contribution in [2.75, 3.05) is 0 Å². The molecule has 122 valence electrons. The van der Waals surface area contributed by atoms with Crippen molar-refractivity contribution in [2.45, 2.75) is 19.1 Å². The molecule has 1 atom stereocenters. The fraction of sp³-hybridized carbons (Fsp3) is 0.188. The second kappa shape index (κ2) is 6.81. The van der Waals surface area contributed by atoms with E-state index < -0.39 is 29.3 Å². The van der Waals surface area contributed by atoms with Crippen LogP contribution in [0.1, 0.15) is 34.5 Å². The number of benzene rings is 2. The van der Waals surface area contributed by atoms with Gasteiger partial charge in [0.25, 0.3) is 5.91 Å². The van der Waals surface area contributed by atoms with Crippen LogP contribution in [-0.4, -0.2) is 5.91 Å². The molecule has 2 nitrogen and oxygen atoms in total. The van der Waals surface area contributed by atoms with Gasteiger partial charge in [0.15, 0.2) is 0 Å². The molecular formula is C16H12Cl2F3NO. The zero-order valence-electron chi connectivity index (χ0n) is 11.9. The van der Waals surface area contributed by atoms with E-state index in [0.717, 1.165) is 12.1 Å². The third kappa shape index (κ3) is 4.18. The Morgan fingerprint density at radius 1 is 1.13 bits per heavy atom. The molecule has 0 aliphatic rings. The summed E-state index contributed by atoms with van der Waals surface area (Å²) < 4.78 is 38.9. The molecule has 1 amide bonds. The van der Waals surface area contributed by atoms with Crippen LogP contribution in [0.5, 0.6) is 0 Å². The molecule has 0 saturated heterocycles. The van der Waals surface area contributed by atoms with Gasteiger partial charge in [-0.05, 0) is 36.8 Å². The molecule has 2 rings (SSSR count). The second-order valence-electron chi connectivity index (χ2n) is 4.90. The number of nitrogens with one attached hydrogen (secondary N) is 1. The third-order valence-electron chi connectivity index (χ3n) is 3.25. The van der Waals surface area contributed by atoms with Crippen LogP contribution < -0.4 is 5.32 Å². The summed E-state index contributed by atoms with van der Waals surface area (Å²) in [6.07, 6.45) is -4.60. The van der Waals surface area contributed by atoms with E-state index in [2.05, 4.69) is 5.32 Å². The van der Waals surface area contributed by atoms with Gasteiger partial charge in [-0.2, -0.15) is 13.2 Å². The molecule has 0 heterocycles. The van der Waals surface area contributed by atoms with E-state index in [-0.39, 0.29) is 0 Å². The fourth-order valence-corrected chi connectivity index (χ4v) is 2.71. The normalized spacial score (nSPS) is 12.8. The summed E-state index contributed by atoms with van der Waals surface area (Å²) in [6, 6.07) is 8.76. The maximum Gasteiger partial charge on any atom is 0.417 e. The number of halogens is 5. The molecule has 2 aromatic rings. The molecular weight excluding hydrogens is 350 g/mol. The van der Waals surface area contributed by atoms with Gasteiger partial charge in [-0.25, -0.2) is 0 Å². The molecule has 1 N–H and O–H groups in total. The van der Waals surface area contributed by atoms with E-state index in [4.69, 9.17) is 23.2 Å². The van der Waals surface area contributed by atoms with Crippen molar-refractivity contribution in [3.63, 3.8) is 0 Å². The van der Waals surface area contributed by atoms with Crippen molar-refractivity contribution in [1.82, 2.24) is 5.32 Å². The van der Waals surface area contributed by atoms with Gasteiger partial charge in [-0.15, -0.1) is 0 Å². The van der Waals surface area contributed by atoms with E-state index in [1.54, 1.807) is 19.1 Å². The minimum Gasteiger partial charge on any atom is -0.345 e. The SMILES string of the molecule is C[C@@H](NC(=O)c1ccccc1C(F)(F)F)c1ccc(Cl)cc1Cl. The average molecular weight is 362 g/mol. The minimum atomic E-state index is -4.60. The molecule has 0 radical (unpaired) electrons. The number of hydrogen-bond donors (Lipinski definition) is 1. The first-order valence-electron chi connectivity index (χ1n) is 6.62. The molecule has 0 fully saturated rings. The number of carbonyl (C=O) groups is 1. The van der Waals surface area contributed by atoms with Gasteiger partial charge in [-0.1, -0.05) is 41.4 Å². The highest BCUT2D eigenvalue weighted by molar-refractivity contribution is 6.35. The summed E-state index contributed by atoms with van der Waals surface area (Å²) in [5.74, 6) is -0.823. The van der Waals surface area contributed by atoms with Crippen LogP contribution in [0.3, 0.4) is 0 Å². The minimum absolute atomic E-state index is 0.328. The first kappa shape index (κ1) is 17.6. The van der Waals surface area contributed by atoms with E-state index in [1.807, 2.05) is 0 Å². The molecule has 23 heavy (non-hydrogen) atoms. The van der Waals surface area contributed by atoms with Gasteiger partial charge in [0.1, 0.15) is 0 Å². The summed E-state index contributed by atoms with van der Waals surface area (Å²) in [7, 11) is 0. The predicted molar refractivity (Wildman–Crippen MR) is 83.8 cm³/mol. The summed E-state index contributed by atoms with van der Waals surface area (Å²) in [5, 5.41) is 3.28. The number of amides is 1. The van der Waals surface area contributed by atoms with E-state index in [0.29, 0.717) is 15.6 Å². The zero-order chi connectivity index (χ0) is 17.2. The van der Waals surface area contributed by atoms with Gasteiger partial charge in [0.05, 0.1) is 17.2 Å². The Kier molecular flexibility index (Phi) is 5.22. The second-order valence-corrected chi connectivity index (χ2v) is 5.75. The zero-order valence-corrected chi connectivity index (χ0v) is 13.4. The van der Waals surface area contributed by atoms with Gasteiger partial charge in [-0.3, -0.25) is 4.79 Å². The van der Waals surface area contributed by atoms with Crippen molar-refractivity contribution in [2.24, 2.45) is 0 Å². The number of carbonyl (C=O) groups excluding carboxylic acids is 1. The van der Waals surface area contributed by atoms with Gasteiger partial charge in [0.2, 0.25) is 0 Å². The Labute approximate surface area is 141 Å². The molecule has 7 heteroatoms. The highest BCUT2D eigenvalue weighted by Crippen LogP contribution is 2.32. The van der Waals surface area contributed by atoms with Crippen LogP contribution in [0.2, 0.25) is 10.0 Å². The smallest absolute Gasteiger partial charge is 0.345 e. The molecule has 0 bridgehead atoms. The first-order valence-corrected chi connectivity index (χ1v) is 7.38. The third-order valence-corrected chi connectivity index (χ3v) is 3.82. The van der Waals surface area contributed by atoms with E-state index in [9.17, 15) is 18.0 Å². The maximum atomic E-state index is 13.0. The summed E-state index contributed by atoms with van der Waals surface area (Å²) in [4.78, 5) is 12.2. The average Bonchev–Trinajstić information content (AvgIpc) is 2.46. The predicted octanol–water partition coefficient (Wildman–Crippen LogP) is 5.50. The van der Waals surface area contributed by atoms with Crippen LogP contribution in [0.25, 0.3) is 0 Å². The van der Waals surface area contributed by atoms with Crippen molar-refractivity contribution in [1.29, 1.82) is 0 Å². The Morgan fingerprint density at radius 2 is 1.78 bits per heavy atom. The lowest BCUT2D eigenvalue weighted by Gasteiger charge is -2.18. The van der Waals surface area contributed by atoms with Gasteiger partial charge < -0.3 is 5.32 Å². The van der Waals surface area contributed by atoms with E-state index >= 15 is 0 Å². The monoisotopic (exact) mass is 361 g/mol. The van der Waals surface area contributed by atoms with Crippen LogP contribution in [0.4, 0.5) is 13.2 Å². The van der Waals surface area contributed by atoms with Crippen molar-refractivity contribution in [3.8, 4) is 0 Å². The highest BCUT2D eigenvalue weighted by Gasteiger charge is 2.35. The van der Waals surface area contributed by atoms with Crippen molar-refractivity contribution in [3.05, 3.63) is 69.2 Å².